The van der Waals surface area contributed by atoms with E-state index in [9.17, 15) is 4.79 Å². The summed E-state index contributed by atoms with van der Waals surface area (Å²) in [4.78, 5) is 12.7. The van der Waals surface area contributed by atoms with E-state index in [1.54, 1.807) is 0 Å². The molecule has 0 saturated carbocycles. The molecular formula is C9H16N2O2. The summed E-state index contributed by atoms with van der Waals surface area (Å²) in [6, 6.07) is 2.08. The van der Waals surface area contributed by atoms with Crippen molar-refractivity contribution in [3.8, 4) is 6.07 Å². The number of ether oxygens (including phenoxy) is 1. The molecule has 0 radical (unpaired) electrons. The molecule has 74 valence electrons. The van der Waals surface area contributed by atoms with Crippen molar-refractivity contribution in [1.82, 2.24) is 4.90 Å². The lowest BCUT2D eigenvalue weighted by Crippen LogP contribution is -2.27. The summed E-state index contributed by atoms with van der Waals surface area (Å²) in [5, 5.41) is 8.28. The third-order valence-electron chi connectivity index (χ3n) is 1.71. The second-order valence-corrected chi connectivity index (χ2v) is 2.93. The van der Waals surface area contributed by atoms with Gasteiger partial charge >= 0.3 is 5.97 Å². The molecule has 0 aliphatic heterocycles. The van der Waals surface area contributed by atoms with Gasteiger partial charge in [-0.3, -0.25) is 9.69 Å². The topological polar surface area (TPSA) is 53.3 Å². The lowest BCUT2D eigenvalue weighted by molar-refractivity contribution is -0.141. The highest BCUT2D eigenvalue weighted by Crippen LogP contribution is 1.96. The second kappa shape index (κ2) is 7.56. The zero-order valence-electron chi connectivity index (χ0n) is 8.25. The summed E-state index contributed by atoms with van der Waals surface area (Å²) < 4.78 is 4.52. The minimum Gasteiger partial charge on any atom is -0.468 e. The minimum atomic E-state index is -0.220. The van der Waals surface area contributed by atoms with Gasteiger partial charge in [0.05, 0.1) is 19.7 Å². The van der Waals surface area contributed by atoms with Gasteiger partial charge < -0.3 is 4.74 Å². The van der Waals surface area contributed by atoms with Crippen LogP contribution < -0.4 is 0 Å². The molecule has 4 heteroatoms. The molecule has 0 N–H and O–H groups in total. The molecule has 4 nitrogen and oxygen atoms in total. The van der Waals surface area contributed by atoms with Crippen molar-refractivity contribution in [3.05, 3.63) is 0 Å². The van der Waals surface area contributed by atoms with Gasteiger partial charge in [-0.05, 0) is 26.4 Å². The average molecular weight is 184 g/mol. The number of hydrogen-bond donors (Lipinski definition) is 0. The van der Waals surface area contributed by atoms with E-state index < -0.39 is 0 Å². The maximum absolute atomic E-state index is 10.8. The van der Waals surface area contributed by atoms with Crippen LogP contribution in [0.3, 0.4) is 0 Å². The van der Waals surface area contributed by atoms with Crippen molar-refractivity contribution >= 4 is 5.97 Å². The molecule has 0 bridgehead atoms. The Morgan fingerprint density at radius 1 is 1.54 bits per heavy atom. The van der Waals surface area contributed by atoms with Crippen LogP contribution in [0, 0.1) is 11.3 Å². The fourth-order valence-corrected chi connectivity index (χ4v) is 0.950. The SMILES string of the molecule is COC(=O)CN(C)CCCCC#N. The van der Waals surface area contributed by atoms with Crippen LogP contribution in [0.2, 0.25) is 0 Å². The van der Waals surface area contributed by atoms with Crippen molar-refractivity contribution in [3.63, 3.8) is 0 Å². The standard InChI is InChI=1S/C9H16N2O2/c1-11(8-9(12)13-2)7-5-3-4-6-10/h3-5,7-8H2,1-2H3. The van der Waals surface area contributed by atoms with Crippen molar-refractivity contribution < 1.29 is 9.53 Å². The number of methoxy groups -OCH3 is 1. The Bertz CT molecular complexity index is 187. The van der Waals surface area contributed by atoms with Gasteiger partial charge in [0.15, 0.2) is 0 Å². The Kier molecular flexibility index (Phi) is 6.93. The quantitative estimate of drug-likeness (QED) is 0.452. The molecule has 0 amide bonds. The zero-order chi connectivity index (χ0) is 10.1. The number of esters is 1. The summed E-state index contributed by atoms with van der Waals surface area (Å²) in [7, 11) is 3.25. The van der Waals surface area contributed by atoms with Crippen LogP contribution in [0.4, 0.5) is 0 Å². The van der Waals surface area contributed by atoms with E-state index in [1.807, 2.05) is 11.9 Å². The second-order valence-electron chi connectivity index (χ2n) is 2.93. The Morgan fingerprint density at radius 2 is 2.23 bits per heavy atom. The summed E-state index contributed by atoms with van der Waals surface area (Å²) in [6.45, 7) is 1.15. The van der Waals surface area contributed by atoms with E-state index in [1.165, 1.54) is 7.11 Å². The summed E-state index contributed by atoms with van der Waals surface area (Å²) in [6.07, 6.45) is 2.43. The number of hydrogen-bond acceptors (Lipinski definition) is 4. The van der Waals surface area contributed by atoms with E-state index >= 15 is 0 Å². The van der Waals surface area contributed by atoms with Gasteiger partial charge in [0.1, 0.15) is 0 Å². The largest absolute Gasteiger partial charge is 0.468 e. The molecular weight excluding hydrogens is 168 g/mol. The molecule has 0 atom stereocenters. The van der Waals surface area contributed by atoms with Crippen molar-refractivity contribution in [2.45, 2.75) is 19.3 Å². The molecule has 0 saturated heterocycles. The number of carbonyl (C=O) groups is 1. The highest BCUT2D eigenvalue weighted by Gasteiger charge is 2.04. The van der Waals surface area contributed by atoms with E-state index in [4.69, 9.17) is 5.26 Å². The van der Waals surface area contributed by atoms with E-state index in [0.29, 0.717) is 13.0 Å². The molecule has 0 aromatic rings. The van der Waals surface area contributed by atoms with Gasteiger partial charge in [0.25, 0.3) is 0 Å². The Balaban J connectivity index is 3.36. The Hall–Kier alpha value is -1.08. The molecule has 0 fully saturated rings. The third kappa shape index (κ3) is 7.29. The maximum Gasteiger partial charge on any atom is 0.319 e. The smallest absolute Gasteiger partial charge is 0.319 e. The third-order valence-corrected chi connectivity index (χ3v) is 1.71. The molecule has 0 heterocycles. The normalized spacial score (nSPS) is 9.69. The first kappa shape index (κ1) is 11.9. The number of unbranched alkanes of at least 4 members (excludes halogenated alkanes) is 2. The first-order chi connectivity index (χ1) is 6.20. The fourth-order valence-electron chi connectivity index (χ4n) is 0.950. The summed E-state index contributed by atoms with van der Waals surface area (Å²) >= 11 is 0. The van der Waals surface area contributed by atoms with Crippen LogP contribution in [0.15, 0.2) is 0 Å². The molecule has 0 rings (SSSR count). The monoisotopic (exact) mass is 184 g/mol. The van der Waals surface area contributed by atoms with Gasteiger partial charge in [-0.25, -0.2) is 0 Å². The van der Waals surface area contributed by atoms with Crippen LogP contribution in [0.1, 0.15) is 19.3 Å². The molecule has 13 heavy (non-hydrogen) atoms. The van der Waals surface area contributed by atoms with Gasteiger partial charge in [0.2, 0.25) is 0 Å². The van der Waals surface area contributed by atoms with Crippen molar-refractivity contribution in [1.29, 1.82) is 5.26 Å². The van der Waals surface area contributed by atoms with Crippen molar-refractivity contribution in [2.24, 2.45) is 0 Å². The molecule has 0 aromatic heterocycles. The molecule has 0 spiro atoms. The summed E-state index contributed by atoms with van der Waals surface area (Å²) in [5.74, 6) is -0.220. The van der Waals surface area contributed by atoms with Crippen LogP contribution in [0.25, 0.3) is 0 Å². The molecule has 0 aliphatic carbocycles. The number of carbonyl (C=O) groups excluding carboxylic acids is 1. The number of rotatable bonds is 6. The highest BCUT2D eigenvalue weighted by atomic mass is 16.5. The van der Waals surface area contributed by atoms with Gasteiger partial charge in [-0.2, -0.15) is 5.26 Å². The number of likely N-dealkylation sites (N-methyl/N-ethyl adjacent to an activating group) is 1. The maximum atomic E-state index is 10.8. The van der Waals surface area contributed by atoms with Crippen LogP contribution in [0.5, 0.6) is 0 Å². The number of nitrogens with zero attached hydrogens (tertiary/aromatic N) is 2. The average Bonchev–Trinajstić information content (AvgIpc) is 2.12. The fraction of sp³-hybridized carbons (Fsp3) is 0.778. The predicted octanol–water partition coefficient (Wildman–Crippen LogP) is 0.785. The Morgan fingerprint density at radius 3 is 2.77 bits per heavy atom. The lowest BCUT2D eigenvalue weighted by atomic mass is 10.2. The van der Waals surface area contributed by atoms with Gasteiger partial charge in [-0.15, -0.1) is 0 Å². The van der Waals surface area contributed by atoms with Gasteiger partial charge in [-0.1, -0.05) is 0 Å². The minimum absolute atomic E-state index is 0.220. The first-order valence-electron chi connectivity index (χ1n) is 4.33. The van der Waals surface area contributed by atoms with E-state index in [0.717, 1.165) is 19.4 Å². The number of nitriles is 1. The highest BCUT2D eigenvalue weighted by molar-refractivity contribution is 5.71. The molecule has 0 aliphatic rings. The Labute approximate surface area is 79.1 Å². The van der Waals surface area contributed by atoms with E-state index in [-0.39, 0.29) is 5.97 Å². The van der Waals surface area contributed by atoms with E-state index in [2.05, 4.69) is 10.8 Å². The van der Waals surface area contributed by atoms with Crippen molar-refractivity contribution in [2.75, 3.05) is 27.2 Å². The van der Waals surface area contributed by atoms with Gasteiger partial charge in [0, 0.05) is 6.42 Å². The predicted molar refractivity (Wildman–Crippen MR) is 49.0 cm³/mol. The van der Waals surface area contributed by atoms with Crippen LogP contribution in [-0.4, -0.2) is 38.1 Å². The van der Waals surface area contributed by atoms with Crippen LogP contribution >= 0.6 is 0 Å². The summed E-state index contributed by atoms with van der Waals surface area (Å²) in [5.41, 5.74) is 0. The van der Waals surface area contributed by atoms with Crippen LogP contribution in [-0.2, 0) is 9.53 Å². The lowest BCUT2D eigenvalue weighted by Gasteiger charge is -2.13. The zero-order valence-corrected chi connectivity index (χ0v) is 8.25. The molecule has 0 unspecified atom stereocenters. The molecule has 0 aromatic carbocycles. The first-order valence-corrected chi connectivity index (χ1v) is 4.33.